The van der Waals surface area contributed by atoms with E-state index in [1.807, 2.05) is 0 Å². The van der Waals surface area contributed by atoms with Crippen molar-refractivity contribution in [2.24, 2.45) is 5.11 Å². The minimum atomic E-state index is -0.633. The number of carbonyl (C=O) groups excluding carboxylic acids is 2. The molecule has 0 heterocycles. The Balaban J connectivity index is 3.64. The molecule has 0 aliphatic carbocycles. The van der Waals surface area contributed by atoms with E-state index in [1.54, 1.807) is 20.8 Å². The SMILES string of the molecule is CC(C)(C)OC(=O)NCC(=O)NCCCN=[N+]=[N-]. The predicted octanol–water partition coefficient (Wildman–Crippen LogP) is 1.33. The number of nitrogens with zero attached hydrogens (tertiary/aromatic N) is 3. The fourth-order valence-electron chi connectivity index (χ4n) is 0.951. The molecule has 18 heavy (non-hydrogen) atoms. The molecule has 0 aromatic heterocycles. The van der Waals surface area contributed by atoms with Gasteiger partial charge in [0.2, 0.25) is 5.91 Å². The van der Waals surface area contributed by atoms with Crippen LogP contribution in [0.25, 0.3) is 10.4 Å². The second kappa shape index (κ2) is 8.19. The lowest BCUT2D eigenvalue weighted by Gasteiger charge is -2.19. The van der Waals surface area contributed by atoms with Crippen LogP contribution in [0.2, 0.25) is 0 Å². The van der Waals surface area contributed by atoms with Gasteiger partial charge in [0.25, 0.3) is 0 Å². The normalized spacial score (nSPS) is 10.2. The average molecular weight is 257 g/mol. The van der Waals surface area contributed by atoms with Crippen LogP contribution in [-0.2, 0) is 9.53 Å². The molecule has 2 N–H and O–H groups in total. The standard InChI is InChI=1S/C10H19N5O3/c1-10(2,3)18-9(17)13-7-8(16)12-5-4-6-14-15-11/h4-7H2,1-3H3,(H,12,16)(H,13,17). The van der Waals surface area contributed by atoms with Gasteiger partial charge in [0.1, 0.15) is 5.60 Å². The molecule has 0 radical (unpaired) electrons. The van der Waals surface area contributed by atoms with Gasteiger partial charge < -0.3 is 15.4 Å². The summed E-state index contributed by atoms with van der Waals surface area (Å²) < 4.78 is 4.96. The highest BCUT2D eigenvalue weighted by atomic mass is 16.6. The van der Waals surface area contributed by atoms with Crippen molar-refractivity contribution in [1.29, 1.82) is 0 Å². The van der Waals surface area contributed by atoms with E-state index in [1.165, 1.54) is 0 Å². The lowest BCUT2D eigenvalue weighted by Crippen LogP contribution is -2.40. The molecule has 8 nitrogen and oxygen atoms in total. The monoisotopic (exact) mass is 257 g/mol. The molecule has 2 amide bonds. The Morgan fingerprint density at radius 3 is 2.56 bits per heavy atom. The van der Waals surface area contributed by atoms with Gasteiger partial charge in [-0.1, -0.05) is 5.11 Å². The third kappa shape index (κ3) is 10.6. The number of amides is 2. The molecule has 0 saturated carbocycles. The zero-order valence-electron chi connectivity index (χ0n) is 10.9. The molecule has 0 bridgehead atoms. The smallest absolute Gasteiger partial charge is 0.408 e. The van der Waals surface area contributed by atoms with Gasteiger partial charge in [-0.25, -0.2) is 4.79 Å². The number of alkyl carbamates (subject to hydrolysis) is 1. The Bertz CT molecular complexity index is 331. The molecule has 0 atom stereocenters. The third-order valence-electron chi connectivity index (χ3n) is 1.61. The number of carbonyl (C=O) groups is 2. The number of nitrogens with one attached hydrogen (secondary N) is 2. The van der Waals surface area contributed by atoms with E-state index < -0.39 is 11.7 Å². The molecule has 0 saturated heterocycles. The van der Waals surface area contributed by atoms with Crippen molar-refractivity contribution in [1.82, 2.24) is 10.6 Å². The summed E-state index contributed by atoms with van der Waals surface area (Å²) in [5.74, 6) is -0.318. The van der Waals surface area contributed by atoms with Crippen LogP contribution in [0, 0.1) is 0 Å². The first-order valence-corrected chi connectivity index (χ1v) is 5.59. The first kappa shape index (κ1) is 16.1. The van der Waals surface area contributed by atoms with Gasteiger partial charge in [0, 0.05) is 18.0 Å². The quantitative estimate of drug-likeness (QED) is 0.323. The number of azide groups is 1. The molecule has 0 aromatic carbocycles. The maximum atomic E-state index is 11.3. The van der Waals surface area contributed by atoms with Gasteiger partial charge in [-0.05, 0) is 32.7 Å². The van der Waals surface area contributed by atoms with E-state index in [9.17, 15) is 9.59 Å². The van der Waals surface area contributed by atoms with Crippen molar-refractivity contribution in [3.8, 4) is 0 Å². The van der Waals surface area contributed by atoms with Crippen molar-refractivity contribution in [3.05, 3.63) is 10.4 Å². The van der Waals surface area contributed by atoms with E-state index in [0.29, 0.717) is 19.5 Å². The Labute approximate surface area is 106 Å². The zero-order valence-corrected chi connectivity index (χ0v) is 10.9. The van der Waals surface area contributed by atoms with Crippen molar-refractivity contribution in [2.45, 2.75) is 32.8 Å². The Morgan fingerprint density at radius 1 is 1.33 bits per heavy atom. The van der Waals surface area contributed by atoms with Crippen molar-refractivity contribution in [3.63, 3.8) is 0 Å². The molecule has 0 aliphatic heterocycles. The van der Waals surface area contributed by atoms with Crippen molar-refractivity contribution in [2.75, 3.05) is 19.6 Å². The summed E-state index contributed by atoms with van der Waals surface area (Å²) in [6.45, 7) is 5.80. The topological polar surface area (TPSA) is 116 Å². The second-order valence-corrected chi connectivity index (χ2v) is 4.51. The number of rotatable bonds is 6. The molecular weight excluding hydrogens is 238 g/mol. The average Bonchev–Trinajstić information content (AvgIpc) is 2.24. The minimum absolute atomic E-state index is 0.142. The van der Waals surface area contributed by atoms with Crippen molar-refractivity contribution >= 4 is 12.0 Å². The Morgan fingerprint density at radius 2 is 2.00 bits per heavy atom. The number of hydrogen-bond acceptors (Lipinski definition) is 4. The summed E-state index contributed by atoms with van der Waals surface area (Å²) in [6.07, 6.45) is -0.0749. The molecule has 0 fully saturated rings. The summed E-state index contributed by atoms with van der Waals surface area (Å²) in [7, 11) is 0. The van der Waals surface area contributed by atoms with Crippen LogP contribution in [0.5, 0.6) is 0 Å². The summed E-state index contributed by atoms with van der Waals surface area (Å²) in [5, 5.41) is 8.23. The third-order valence-corrected chi connectivity index (χ3v) is 1.61. The molecule has 0 unspecified atom stereocenters. The Kier molecular flexibility index (Phi) is 7.30. The number of hydrogen-bond donors (Lipinski definition) is 2. The number of ether oxygens (including phenoxy) is 1. The van der Waals surface area contributed by atoms with Gasteiger partial charge >= 0.3 is 6.09 Å². The van der Waals surface area contributed by atoms with Crippen LogP contribution >= 0.6 is 0 Å². The lowest BCUT2D eigenvalue weighted by molar-refractivity contribution is -0.120. The fraction of sp³-hybridized carbons (Fsp3) is 0.800. The van der Waals surface area contributed by atoms with Gasteiger partial charge in [-0.3, -0.25) is 4.79 Å². The van der Waals surface area contributed by atoms with Crippen LogP contribution in [0.3, 0.4) is 0 Å². The van der Waals surface area contributed by atoms with Gasteiger partial charge in [-0.15, -0.1) is 0 Å². The van der Waals surface area contributed by atoms with Crippen LogP contribution in [0.15, 0.2) is 5.11 Å². The molecule has 0 aliphatic rings. The van der Waals surface area contributed by atoms with Gasteiger partial charge in [0.15, 0.2) is 0 Å². The van der Waals surface area contributed by atoms with E-state index in [0.717, 1.165) is 0 Å². The highest BCUT2D eigenvalue weighted by Gasteiger charge is 2.16. The van der Waals surface area contributed by atoms with E-state index in [4.69, 9.17) is 10.3 Å². The van der Waals surface area contributed by atoms with Crippen LogP contribution in [0.1, 0.15) is 27.2 Å². The molecule has 0 spiro atoms. The molecular formula is C10H19N5O3. The van der Waals surface area contributed by atoms with E-state index in [-0.39, 0.29) is 12.5 Å². The predicted molar refractivity (Wildman–Crippen MR) is 65.9 cm³/mol. The van der Waals surface area contributed by atoms with Crippen LogP contribution < -0.4 is 10.6 Å². The summed E-state index contributed by atoms with van der Waals surface area (Å²) in [6, 6.07) is 0. The van der Waals surface area contributed by atoms with Crippen LogP contribution in [-0.4, -0.2) is 37.2 Å². The minimum Gasteiger partial charge on any atom is -0.444 e. The maximum absolute atomic E-state index is 11.3. The molecule has 0 aromatic rings. The zero-order chi connectivity index (χ0) is 14.0. The van der Waals surface area contributed by atoms with Crippen molar-refractivity contribution < 1.29 is 14.3 Å². The first-order chi connectivity index (χ1) is 8.35. The van der Waals surface area contributed by atoms with E-state index >= 15 is 0 Å². The second-order valence-electron chi connectivity index (χ2n) is 4.51. The van der Waals surface area contributed by atoms with Gasteiger partial charge in [0.05, 0.1) is 6.54 Å². The highest BCUT2D eigenvalue weighted by Crippen LogP contribution is 2.05. The van der Waals surface area contributed by atoms with E-state index in [2.05, 4.69) is 20.7 Å². The van der Waals surface area contributed by atoms with Gasteiger partial charge in [-0.2, -0.15) is 0 Å². The summed E-state index contributed by atoms with van der Waals surface area (Å²) in [5.41, 5.74) is 7.44. The van der Waals surface area contributed by atoms with Crippen LogP contribution in [0.4, 0.5) is 4.79 Å². The lowest BCUT2D eigenvalue weighted by atomic mass is 10.2. The summed E-state index contributed by atoms with van der Waals surface area (Å²) >= 11 is 0. The largest absolute Gasteiger partial charge is 0.444 e. The molecule has 0 rings (SSSR count). The first-order valence-electron chi connectivity index (χ1n) is 5.59. The maximum Gasteiger partial charge on any atom is 0.408 e. The Hall–Kier alpha value is -1.95. The summed E-state index contributed by atoms with van der Waals surface area (Å²) in [4.78, 5) is 25.1. The highest BCUT2D eigenvalue weighted by molar-refractivity contribution is 5.82. The molecule has 102 valence electrons. The molecule has 8 heteroatoms. The fourth-order valence-corrected chi connectivity index (χ4v) is 0.951.